The van der Waals surface area contributed by atoms with Crippen molar-refractivity contribution in [1.29, 1.82) is 0 Å². The van der Waals surface area contributed by atoms with Gasteiger partial charge in [-0.15, -0.1) is 12.4 Å². The minimum Gasteiger partial charge on any atom is -0.353 e. The van der Waals surface area contributed by atoms with Gasteiger partial charge in [0.25, 0.3) is 0 Å². The third kappa shape index (κ3) is 6.12. The Labute approximate surface area is 105 Å². The van der Waals surface area contributed by atoms with Crippen LogP contribution in [0.15, 0.2) is 0 Å². The molecule has 0 aromatic rings. The molecule has 1 amide bonds. The predicted molar refractivity (Wildman–Crippen MR) is 60.9 cm³/mol. The highest BCUT2D eigenvalue weighted by Gasteiger charge is 2.30. The number of hydrogen-bond donors (Lipinski definition) is 2. The van der Waals surface area contributed by atoms with Gasteiger partial charge >= 0.3 is 6.18 Å². The highest BCUT2D eigenvalue weighted by atomic mass is 35.5. The molecule has 0 aromatic carbocycles. The minimum absolute atomic E-state index is 0. The molecule has 1 saturated carbocycles. The van der Waals surface area contributed by atoms with Gasteiger partial charge < -0.3 is 11.1 Å². The van der Waals surface area contributed by atoms with Gasteiger partial charge in [0.2, 0.25) is 5.91 Å². The first-order valence-corrected chi connectivity index (χ1v) is 5.48. The van der Waals surface area contributed by atoms with E-state index >= 15 is 0 Å². The van der Waals surface area contributed by atoms with Crippen LogP contribution in [0.2, 0.25) is 0 Å². The highest BCUT2D eigenvalue weighted by molar-refractivity contribution is 5.85. The topological polar surface area (TPSA) is 55.1 Å². The molecule has 3 nitrogen and oxygen atoms in total. The zero-order chi connectivity index (χ0) is 12.2. The smallest absolute Gasteiger partial charge is 0.353 e. The molecule has 0 aliphatic heterocycles. The Hall–Kier alpha value is -0.490. The standard InChI is InChI=1S/C10H17F3N2O.ClH/c11-10(12,13)5-4-9(16)15-8-3-1-2-7(8)6-14;/h7-8H,1-6,14H2,(H,15,16);1H. The Bertz CT molecular complexity index is 248. The predicted octanol–water partition coefficient (Wildman–Crippen LogP) is 1.99. The van der Waals surface area contributed by atoms with Crippen molar-refractivity contribution in [2.45, 2.75) is 44.3 Å². The van der Waals surface area contributed by atoms with Gasteiger partial charge in [-0.25, -0.2) is 0 Å². The lowest BCUT2D eigenvalue weighted by atomic mass is 10.0. The van der Waals surface area contributed by atoms with Crippen molar-refractivity contribution in [2.75, 3.05) is 6.54 Å². The number of carbonyl (C=O) groups excluding carboxylic acids is 1. The van der Waals surface area contributed by atoms with Crippen LogP contribution in [-0.2, 0) is 4.79 Å². The normalized spacial score (nSPS) is 24.2. The first-order valence-electron chi connectivity index (χ1n) is 5.48. The van der Waals surface area contributed by atoms with Gasteiger partial charge in [0.15, 0.2) is 0 Å². The van der Waals surface area contributed by atoms with Crippen molar-refractivity contribution < 1.29 is 18.0 Å². The summed E-state index contributed by atoms with van der Waals surface area (Å²) in [6.45, 7) is 0.476. The minimum atomic E-state index is -4.26. The lowest BCUT2D eigenvalue weighted by Crippen LogP contribution is -2.40. The molecule has 0 radical (unpaired) electrons. The molecule has 3 N–H and O–H groups in total. The monoisotopic (exact) mass is 274 g/mol. The molecule has 0 aromatic heterocycles. The lowest BCUT2D eigenvalue weighted by Gasteiger charge is -2.19. The van der Waals surface area contributed by atoms with Crippen molar-refractivity contribution in [1.82, 2.24) is 5.32 Å². The summed E-state index contributed by atoms with van der Waals surface area (Å²) in [5.41, 5.74) is 5.51. The highest BCUT2D eigenvalue weighted by Crippen LogP contribution is 2.25. The molecule has 0 saturated heterocycles. The Balaban J connectivity index is 0.00000256. The first kappa shape index (κ1) is 16.5. The number of nitrogens with two attached hydrogens (primary N) is 1. The summed E-state index contributed by atoms with van der Waals surface area (Å²) in [4.78, 5) is 11.3. The van der Waals surface area contributed by atoms with Gasteiger partial charge in [0.05, 0.1) is 6.42 Å². The van der Waals surface area contributed by atoms with Crippen molar-refractivity contribution in [3.05, 3.63) is 0 Å². The van der Waals surface area contributed by atoms with Crippen LogP contribution in [0, 0.1) is 5.92 Å². The number of alkyl halides is 3. The molecule has 102 valence electrons. The van der Waals surface area contributed by atoms with Crippen LogP contribution < -0.4 is 11.1 Å². The Morgan fingerprint density at radius 1 is 1.35 bits per heavy atom. The second kappa shape index (κ2) is 7.06. The third-order valence-corrected chi connectivity index (χ3v) is 2.94. The molecule has 1 fully saturated rings. The zero-order valence-electron chi connectivity index (χ0n) is 9.43. The fraction of sp³-hybridized carbons (Fsp3) is 0.900. The van der Waals surface area contributed by atoms with Crippen LogP contribution >= 0.6 is 12.4 Å². The summed E-state index contributed by atoms with van der Waals surface area (Å²) in [6.07, 6.45) is -3.07. The van der Waals surface area contributed by atoms with Crippen LogP contribution in [-0.4, -0.2) is 24.7 Å². The van der Waals surface area contributed by atoms with Crippen LogP contribution in [0.3, 0.4) is 0 Å². The van der Waals surface area contributed by atoms with Gasteiger partial charge in [-0.3, -0.25) is 4.79 Å². The van der Waals surface area contributed by atoms with E-state index in [1.54, 1.807) is 0 Å². The fourth-order valence-corrected chi connectivity index (χ4v) is 2.04. The van der Waals surface area contributed by atoms with E-state index in [1.807, 2.05) is 0 Å². The zero-order valence-corrected chi connectivity index (χ0v) is 10.2. The maximum Gasteiger partial charge on any atom is 0.389 e. The van der Waals surface area contributed by atoms with Gasteiger partial charge in [-0.05, 0) is 25.3 Å². The summed E-state index contributed by atoms with van der Waals surface area (Å²) in [7, 11) is 0. The van der Waals surface area contributed by atoms with Crippen molar-refractivity contribution in [3.8, 4) is 0 Å². The lowest BCUT2D eigenvalue weighted by molar-refractivity contribution is -0.144. The molecule has 1 aliphatic rings. The number of hydrogen-bond acceptors (Lipinski definition) is 2. The summed E-state index contributed by atoms with van der Waals surface area (Å²) in [6, 6.07) is -0.0364. The van der Waals surface area contributed by atoms with Gasteiger partial charge in [-0.2, -0.15) is 13.2 Å². The first-order chi connectivity index (χ1) is 7.42. The van der Waals surface area contributed by atoms with E-state index in [9.17, 15) is 18.0 Å². The van der Waals surface area contributed by atoms with E-state index in [1.165, 1.54) is 0 Å². The van der Waals surface area contributed by atoms with E-state index in [0.717, 1.165) is 19.3 Å². The summed E-state index contributed by atoms with van der Waals surface area (Å²) in [5, 5.41) is 2.63. The second-order valence-corrected chi connectivity index (χ2v) is 4.22. The molecule has 17 heavy (non-hydrogen) atoms. The summed E-state index contributed by atoms with van der Waals surface area (Å²) in [5.74, 6) is -0.308. The van der Waals surface area contributed by atoms with Crippen molar-refractivity contribution in [2.24, 2.45) is 11.7 Å². The van der Waals surface area contributed by atoms with Crippen LogP contribution in [0.25, 0.3) is 0 Å². The number of carbonyl (C=O) groups is 1. The molecule has 2 atom stereocenters. The number of nitrogens with one attached hydrogen (secondary N) is 1. The van der Waals surface area contributed by atoms with E-state index in [-0.39, 0.29) is 24.4 Å². The molecule has 1 aliphatic carbocycles. The largest absolute Gasteiger partial charge is 0.389 e. The number of rotatable bonds is 4. The second-order valence-electron chi connectivity index (χ2n) is 4.22. The SMILES string of the molecule is Cl.NCC1CCCC1NC(=O)CCC(F)(F)F. The number of amides is 1. The van der Waals surface area contributed by atoms with E-state index in [2.05, 4.69) is 5.32 Å². The van der Waals surface area contributed by atoms with E-state index < -0.39 is 24.9 Å². The van der Waals surface area contributed by atoms with Crippen LogP contribution in [0.4, 0.5) is 13.2 Å². The van der Waals surface area contributed by atoms with Crippen molar-refractivity contribution in [3.63, 3.8) is 0 Å². The Morgan fingerprint density at radius 2 is 2.00 bits per heavy atom. The summed E-state index contributed by atoms with van der Waals surface area (Å²) >= 11 is 0. The van der Waals surface area contributed by atoms with E-state index in [0.29, 0.717) is 6.54 Å². The van der Waals surface area contributed by atoms with Crippen LogP contribution in [0.5, 0.6) is 0 Å². The Morgan fingerprint density at radius 3 is 2.53 bits per heavy atom. The van der Waals surface area contributed by atoms with Crippen LogP contribution in [0.1, 0.15) is 32.1 Å². The maximum atomic E-state index is 11.9. The molecule has 2 unspecified atom stereocenters. The fourth-order valence-electron chi connectivity index (χ4n) is 2.04. The average molecular weight is 275 g/mol. The molecule has 0 spiro atoms. The van der Waals surface area contributed by atoms with Gasteiger partial charge in [0, 0.05) is 12.5 Å². The maximum absolute atomic E-state index is 11.9. The molecule has 1 rings (SSSR count). The third-order valence-electron chi connectivity index (χ3n) is 2.94. The Kier molecular flexibility index (Phi) is 6.85. The average Bonchev–Trinajstić information content (AvgIpc) is 2.61. The summed E-state index contributed by atoms with van der Waals surface area (Å²) < 4.78 is 35.6. The number of halogens is 4. The quantitative estimate of drug-likeness (QED) is 0.824. The molecular formula is C10H18ClF3N2O. The molecule has 0 heterocycles. The van der Waals surface area contributed by atoms with Crippen molar-refractivity contribution >= 4 is 18.3 Å². The van der Waals surface area contributed by atoms with E-state index in [4.69, 9.17) is 5.73 Å². The van der Waals surface area contributed by atoms with Gasteiger partial charge in [-0.1, -0.05) is 6.42 Å². The molecule has 7 heteroatoms. The van der Waals surface area contributed by atoms with Gasteiger partial charge in [0.1, 0.15) is 0 Å². The molecule has 0 bridgehead atoms. The molecular weight excluding hydrogens is 257 g/mol.